The number of alkyl halides is 11. The molecule has 0 aromatic rings. The molecule has 0 amide bonds. The van der Waals surface area contributed by atoms with E-state index in [0.717, 1.165) is 128 Å². The van der Waals surface area contributed by atoms with Crippen LogP contribution in [0.15, 0.2) is 0 Å². The van der Waals surface area contributed by atoms with Gasteiger partial charge in [-0.2, -0.15) is 0 Å². The zero-order valence-corrected chi connectivity index (χ0v) is 48.0. The molecule has 0 radical (unpaired) electrons. The van der Waals surface area contributed by atoms with Gasteiger partial charge in [0.05, 0.1) is 73.4 Å². The highest BCUT2D eigenvalue weighted by Gasteiger charge is 2.28. The quantitative estimate of drug-likeness (QED) is 0.0323. The van der Waals surface area contributed by atoms with Crippen molar-refractivity contribution in [3.05, 3.63) is 0 Å². The van der Waals surface area contributed by atoms with Crippen LogP contribution in [0.4, 0.5) is 48.3 Å². The van der Waals surface area contributed by atoms with Gasteiger partial charge in [0.25, 0.3) is 0 Å². The lowest BCUT2D eigenvalue weighted by atomic mass is 9.35. The fraction of sp³-hybridized carbons (Fsp3) is 1.00. The van der Waals surface area contributed by atoms with Gasteiger partial charge in [-0.05, 0) is 174 Å². The molecule has 0 nitrogen and oxygen atoms in total. The van der Waals surface area contributed by atoms with E-state index in [4.69, 9.17) is 0 Å². The summed E-state index contributed by atoms with van der Waals surface area (Å²) in [6, 6.07) is 0. The van der Waals surface area contributed by atoms with E-state index >= 15 is 4.39 Å². The van der Waals surface area contributed by atoms with Gasteiger partial charge in [-0.25, -0.2) is 0 Å². The molecule has 0 heterocycles. The summed E-state index contributed by atoms with van der Waals surface area (Å²) in [7, 11) is 0. The van der Waals surface area contributed by atoms with E-state index in [-0.39, 0.29) is 91.7 Å². The number of unbranched alkanes of at least 4 members (excludes halogenated alkanes) is 8. The minimum atomic E-state index is -0.577. The third kappa shape index (κ3) is 38.8. The van der Waals surface area contributed by atoms with E-state index in [1.807, 2.05) is 0 Å². The molecule has 11 unspecified atom stereocenters. The van der Waals surface area contributed by atoms with Crippen molar-refractivity contribution < 1.29 is 48.3 Å². The highest BCUT2D eigenvalue weighted by Crippen LogP contribution is 2.34. The highest BCUT2D eigenvalue weighted by molar-refractivity contribution is 6.60. The Morgan fingerprint density at radius 1 is 0.216 bits per heavy atom. The number of rotatable bonds is 59. The van der Waals surface area contributed by atoms with Gasteiger partial charge in [-0.1, -0.05) is 149 Å². The Morgan fingerprint density at radius 3 is 0.851 bits per heavy atom. The standard InChI is InChI=1S/C62H116BF11/c1-4-7-20-53(42-65)27-18-28-56(45-68)30-31-58(47-70)32-33-59(48-71)37-39-63(62(51-74)29-17-16-24-54(43-66)23-13-11-9-10-12-22-52(41-64)19-6-3)38-36-57(46-69)25-14-15-26-60(49-72)40-61(50-73)35-34-55(44-67)21-8-5-2/h52-62H,4-51H2,1-3H3. The van der Waals surface area contributed by atoms with Crippen molar-refractivity contribution in [2.45, 2.75) is 264 Å². The third-order valence-corrected chi connectivity index (χ3v) is 17.5. The van der Waals surface area contributed by atoms with Crippen molar-refractivity contribution in [3.63, 3.8) is 0 Å². The van der Waals surface area contributed by atoms with Gasteiger partial charge in [-0.3, -0.25) is 48.3 Å². The first-order chi connectivity index (χ1) is 36.1. The summed E-state index contributed by atoms with van der Waals surface area (Å²) in [5.41, 5.74) is 0. The number of hydrogen-bond donors (Lipinski definition) is 0. The Kier molecular flexibility index (Phi) is 52.5. The molecule has 74 heavy (non-hydrogen) atoms. The van der Waals surface area contributed by atoms with Crippen LogP contribution in [0, 0.1) is 59.2 Å². The van der Waals surface area contributed by atoms with Gasteiger partial charge in [-0.15, -0.1) is 0 Å². The molecule has 12 heteroatoms. The normalized spacial score (nSPS) is 16.6. The molecule has 0 spiro atoms. The molecule has 0 rings (SSSR count). The fourth-order valence-corrected chi connectivity index (χ4v) is 11.9. The van der Waals surface area contributed by atoms with Crippen molar-refractivity contribution in [1.29, 1.82) is 0 Å². The smallest absolute Gasteiger partial charge is 0.146 e. The zero-order chi connectivity index (χ0) is 54.9. The second-order valence-corrected chi connectivity index (χ2v) is 23.9. The van der Waals surface area contributed by atoms with Crippen molar-refractivity contribution in [1.82, 2.24) is 0 Å². The number of hydrogen-bond acceptors (Lipinski definition) is 0. The second kappa shape index (κ2) is 53.0. The summed E-state index contributed by atoms with van der Waals surface area (Å²) in [5.74, 6) is -1.86. The second-order valence-electron chi connectivity index (χ2n) is 23.9. The van der Waals surface area contributed by atoms with Gasteiger partial charge in [0, 0.05) is 0 Å². The maximum absolute atomic E-state index is 15.1. The van der Waals surface area contributed by atoms with E-state index in [1.165, 1.54) is 0 Å². The summed E-state index contributed by atoms with van der Waals surface area (Å²) < 4.78 is 155. The van der Waals surface area contributed by atoms with Gasteiger partial charge in [0.1, 0.15) is 6.71 Å². The SMILES string of the molecule is CCCCC(CF)CCCC(CF)CCC(CF)CCC(CF)CCB(CCC(CF)CCCCC(CF)CC(CF)CCC(CF)CCCC)C(CF)CCCCC(CF)CCCCCCCC(CF)CCC. The molecular formula is C62H116BF11. The zero-order valence-electron chi connectivity index (χ0n) is 48.0. The van der Waals surface area contributed by atoms with E-state index in [9.17, 15) is 43.9 Å². The minimum absolute atomic E-state index is 0.0139. The summed E-state index contributed by atoms with van der Waals surface area (Å²) in [4.78, 5) is 0. The topological polar surface area (TPSA) is 0 Å². The molecule has 0 aliphatic rings. The Hall–Kier alpha value is -0.705. The lowest BCUT2D eigenvalue weighted by Gasteiger charge is -2.26. The maximum atomic E-state index is 15.1. The first-order valence-electron chi connectivity index (χ1n) is 31.3. The first-order valence-corrected chi connectivity index (χ1v) is 31.3. The van der Waals surface area contributed by atoms with Crippen LogP contribution in [-0.2, 0) is 0 Å². The van der Waals surface area contributed by atoms with Crippen LogP contribution in [-0.4, -0.2) is 80.1 Å². The molecule has 11 atom stereocenters. The van der Waals surface area contributed by atoms with E-state index < -0.39 is 53.4 Å². The summed E-state index contributed by atoms with van der Waals surface area (Å²) >= 11 is 0. The average Bonchev–Trinajstić information content (AvgIpc) is 3.43. The monoisotopic (exact) mass is 1080 g/mol. The molecule has 444 valence electrons. The Morgan fingerprint density at radius 2 is 0.473 bits per heavy atom. The highest BCUT2D eigenvalue weighted by atomic mass is 19.2. The molecular weight excluding hydrogens is 964 g/mol. The fourth-order valence-electron chi connectivity index (χ4n) is 11.9. The van der Waals surface area contributed by atoms with Crippen LogP contribution in [0.1, 0.15) is 245 Å². The average molecular weight is 1080 g/mol. The molecule has 0 aliphatic carbocycles. The summed E-state index contributed by atoms with van der Waals surface area (Å²) in [6.45, 7) is 0.926. The van der Waals surface area contributed by atoms with Gasteiger partial charge >= 0.3 is 0 Å². The van der Waals surface area contributed by atoms with Crippen LogP contribution >= 0.6 is 0 Å². The summed E-state index contributed by atoms with van der Waals surface area (Å²) in [6.07, 6.45) is 27.8. The third-order valence-electron chi connectivity index (χ3n) is 17.5. The van der Waals surface area contributed by atoms with Crippen molar-refractivity contribution >= 4 is 6.71 Å². The van der Waals surface area contributed by atoms with Gasteiger partial charge in [0.2, 0.25) is 0 Å². The lowest BCUT2D eigenvalue weighted by molar-refractivity contribution is 0.215. The minimum Gasteiger partial charge on any atom is -0.252 e. The van der Waals surface area contributed by atoms with Crippen LogP contribution in [0.3, 0.4) is 0 Å². The Balaban J connectivity index is 5.52. The predicted octanol–water partition coefficient (Wildman–Crippen LogP) is 22.4. The van der Waals surface area contributed by atoms with Crippen molar-refractivity contribution in [3.8, 4) is 0 Å². The molecule has 0 bridgehead atoms. The number of halogens is 11. The van der Waals surface area contributed by atoms with Crippen LogP contribution < -0.4 is 0 Å². The molecule has 0 fully saturated rings. The molecule has 0 saturated carbocycles. The molecule has 0 N–H and O–H groups in total. The molecule has 0 saturated heterocycles. The van der Waals surface area contributed by atoms with Crippen LogP contribution in [0.2, 0.25) is 18.5 Å². The van der Waals surface area contributed by atoms with Crippen LogP contribution in [0.5, 0.6) is 0 Å². The van der Waals surface area contributed by atoms with Gasteiger partial charge < -0.3 is 0 Å². The van der Waals surface area contributed by atoms with Gasteiger partial charge in [0.15, 0.2) is 0 Å². The van der Waals surface area contributed by atoms with Crippen molar-refractivity contribution in [2.24, 2.45) is 59.2 Å². The predicted molar refractivity (Wildman–Crippen MR) is 298 cm³/mol. The van der Waals surface area contributed by atoms with Crippen LogP contribution in [0.25, 0.3) is 0 Å². The Labute approximate surface area is 450 Å². The largest absolute Gasteiger partial charge is 0.252 e. The molecule has 0 aromatic carbocycles. The maximum Gasteiger partial charge on any atom is 0.146 e. The molecule has 0 aliphatic heterocycles. The van der Waals surface area contributed by atoms with E-state index in [2.05, 4.69) is 20.8 Å². The Bertz CT molecular complexity index is 1130. The first kappa shape index (κ1) is 73.3. The molecule has 0 aromatic heterocycles. The van der Waals surface area contributed by atoms with Crippen molar-refractivity contribution in [2.75, 3.05) is 73.4 Å². The van der Waals surface area contributed by atoms with E-state index in [1.54, 1.807) is 0 Å². The lowest BCUT2D eigenvalue weighted by Crippen LogP contribution is -2.25. The van der Waals surface area contributed by atoms with E-state index in [0.29, 0.717) is 109 Å². The summed E-state index contributed by atoms with van der Waals surface area (Å²) in [5, 5.41) is 0.